The third-order valence-electron chi connectivity index (χ3n) is 6.51. The van der Waals surface area contributed by atoms with Gasteiger partial charge < -0.3 is 9.52 Å². The van der Waals surface area contributed by atoms with E-state index in [1.165, 1.54) is 5.56 Å². The first-order valence-electron chi connectivity index (χ1n) is 11.9. The van der Waals surface area contributed by atoms with Crippen LogP contribution < -0.4 is 0 Å². The Hall–Kier alpha value is -4.01. The Morgan fingerprint density at radius 3 is 2.32 bits per heavy atom. The molecular weight excluding hydrogens is 639 g/mol. The predicted octanol–water partition coefficient (Wildman–Crippen LogP) is 7.88. The summed E-state index contributed by atoms with van der Waals surface area (Å²) in [6.45, 7) is 2.21. The summed E-state index contributed by atoms with van der Waals surface area (Å²) in [6.07, 6.45) is 1.81. The Morgan fingerprint density at radius 2 is 1.54 bits per heavy atom. The molecule has 0 aliphatic carbocycles. The first kappa shape index (κ1) is 24.7. The normalized spacial score (nSPS) is 11.7. The summed E-state index contributed by atoms with van der Waals surface area (Å²) in [6, 6.07) is 37.2. The smallest absolute Gasteiger partial charge is 0.230 e. The van der Waals surface area contributed by atoms with E-state index in [9.17, 15) is 5.11 Å². The van der Waals surface area contributed by atoms with Gasteiger partial charge in [-0.3, -0.25) is 4.98 Å². The summed E-state index contributed by atoms with van der Waals surface area (Å²) in [5.41, 5.74) is 7.99. The maximum absolute atomic E-state index is 10.3. The van der Waals surface area contributed by atoms with Gasteiger partial charge in [-0.05, 0) is 35.7 Å². The van der Waals surface area contributed by atoms with E-state index in [4.69, 9.17) is 9.40 Å². The number of benzene rings is 4. The molecule has 6 aromatic rings. The largest absolute Gasteiger partial charge is 0.507 e. The minimum atomic E-state index is 0. The van der Waals surface area contributed by atoms with Crippen molar-refractivity contribution in [2.45, 2.75) is 12.8 Å². The molecule has 2 aromatic heterocycles. The van der Waals surface area contributed by atoms with E-state index in [0.29, 0.717) is 17.0 Å². The van der Waals surface area contributed by atoms with Crippen molar-refractivity contribution in [3.05, 3.63) is 127 Å². The van der Waals surface area contributed by atoms with Crippen molar-refractivity contribution in [2.75, 3.05) is 0 Å². The van der Waals surface area contributed by atoms with Crippen molar-refractivity contribution in [1.82, 2.24) is 9.97 Å². The van der Waals surface area contributed by atoms with Crippen LogP contribution in [0, 0.1) is 6.07 Å². The molecule has 1 unspecified atom stereocenters. The van der Waals surface area contributed by atoms with Gasteiger partial charge in [0.25, 0.3) is 0 Å². The molecule has 0 saturated heterocycles. The van der Waals surface area contributed by atoms with Crippen LogP contribution in [0.2, 0.25) is 0 Å². The molecule has 2 heterocycles. The number of aromatic nitrogens is 2. The molecule has 0 spiro atoms. The van der Waals surface area contributed by atoms with Gasteiger partial charge in [0, 0.05) is 33.0 Å². The van der Waals surface area contributed by atoms with Crippen molar-refractivity contribution in [2.24, 2.45) is 0 Å². The number of aromatic hydroxyl groups is 1. The Labute approximate surface area is 229 Å². The average molecular weight is 663 g/mol. The van der Waals surface area contributed by atoms with Crippen molar-refractivity contribution in [3.8, 4) is 39.6 Å². The number of oxazole rings is 1. The Balaban J connectivity index is 0.00000280. The summed E-state index contributed by atoms with van der Waals surface area (Å²) < 4.78 is 6.03. The van der Waals surface area contributed by atoms with Crippen molar-refractivity contribution in [1.29, 1.82) is 0 Å². The van der Waals surface area contributed by atoms with E-state index in [0.717, 1.165) is 33.5 Å². The molecule has 184 valence electrons. The zero-order valence-electron chi connectivity index (χ0n) is 20.0. The van der Waals surface area contributed by atoms with Gasteiger partial charge in [-0.2, -0.15) is 0 Å². The molecule has 1 N–H and O–H groups in total. The number of para-hydroxylation sites is 2. The van der Waals surface area contributed by atoms with Gasteiger partial charge in [0.2, 0.25) is 5.89 Å². The molecule has 5 heteroatoms. The van der Waals surface area contributed by atoms with Gasteiger partial charge in [-0.15, -0.1) is 29.3 Å². The van der Waals surface area contributed by atoms with Crippen LogP contribution in [0.25, 0.3) is 44.9 Å². The quantitative estimate of drug-likeness (QED) is 0.191. The monoisotopic (exact) mass is 662 g/mol. The predicted molar refractivity (Wildman–Crippen MR) is 143 cm³/mol. The molecule has 0 aliphatic heterocycles. The van der Waals surface area contributed by atoms with E-state index in [1.54, 1.807) is 18.2 Å². The molecule has 0 aliphatic rings. The van der Waals surface area contributed by atoms with Gasteiger partial charge in [-0.1, -0.05) is 84.8 Å². The number of phenols is 1. The van der Waals surface area contributed by atoms with Crippen LogP contribution in [0.3, 0.4) is 0 Å². The Bertz CT molecular complexity index is 1660. The fourth-order valence-corrected chi connectivity index (χ4v) is 4.60. The van der Waals surface area contributed by atoms with Gasteiger partial charge in [0.05, 0.1) is 11.1 Å². The van der Waals surface area contributed by atoms with Crippen LogP contribution in [-0.4, -0.2) is 15.1 Å². The van der Waals surface area contributed by atoms with E-state index >= 15 is 0 Å². The summed E-state index contributed by atoms with van der Waals surface area (Å²) >= 11 is 0. The second-order valence-corrected chi connectivity index (χ2v) is 8.74. The zero-order valence-corrected chi connectivity index (χ0v) is 22.3. The molecule has 6 rings (SSSR count). The second-order valence-electron chi connectivity index (χ2n) is 8.74. The Kier molecular flexibility index (Phi) is 7.03. The molecule has 4 nitrogen and oxygen atoms in total. The first-order chi connectivity index (χ1) is 17.7. The van der Waals surface area contributed by atoms with Gasteiger partial charge in [0.15, 0.2) is 0 Å². The molecule has 0 saturated carbocycles. The SMILES string of the molecule is CC(c1ccccc1)c1ccc(-c2cccc3oc(-c4ccccc4O)nc23)[c-]c1-c1ccccn1.[Pt]. The van der Waals surface area contributed by atoms with E-state index in [-0.39, 0.29) is 32.7 Å². The molecule has 0 bridgehead atoms. The maximum atomic E-state index is 10.3. The molecule has 0 fully saturated rings. The van der Waals surface area contributed by atoms with Crippen LogP contribution in [-0.2, 0) is 21.1 Å². The zero-order chi connectivity index (χ0) is 24.5. The molecule has 37 heavy (non-hydrogen) atoms. The topological polar surface area (TPSA) is 59.2 Å². The third kappa shape index (κ3) is 4.73. The molecule has 1 atom stereocenters. The number of hydrogen-bond donors (Lipinski definition) is 1. The van der Waals surface area contributed by atoms with Crippen molar-refractivity contribution < 1.29 is 30.6 Å². The van der Waals surface area contributed by atoms with Gasteiger partial charge >= 0.3 is 0 Å². The number of rotatable bonds is 5. The third-order valence-corrected chi connectivity index (χ3v) is 6.51. The standard InChI is InChI=1S/C32H23N2O2.Pt/c1-21(22-10-3-2-4-11-22)24-18-17-23(20-27(24)28-14-7-8-19-33-28)25-13-9-16-30-31(25)34-32(36-30)26-12-5-6-15-29(26)35;/h2-19,21,35H,1H3;/q-1;. The molecule has 4 aromatic carbocycles. The number of pyridine rings is 1. The molecule has 0 amide bonds. The van der Waals surface area contributed by atoms with Crippen LogP contribution >= 0.6 is 0 Å². The van der Waals surface area contributed by atoms with E-state index in [1.807, 2.05) is 54.7 Å². The number of fused-ring (bicyclic) bond motifs is 1. The van der Waals surface area contributed by atoms with Gasteiger partial charge in [0.1, 0.15) is 11.3 Å². The fourth-order valence-electron chi connectivity index (χ4n) is 4.60. The number of nitrogens with zero attached hydrogens (tertiary/aromatic N) is 2. The molecule has 0 radical (unpaired) electrons. The van der Waals surface area contributed by atoms with Crippen LogP contribution in [0.1, 0.15) is 24.0 Å². The van der Waals surface area contributed by atoms with Gasteiger partial charge in [-0.25, -0.2) is 4.98 Å². The van der Waals surface area contributed by atoms with Crippen molar-refractivity contribution >= 4 is 11.1 Å². The maximum Gasteiger partial charge on any atom is 0.230 e. The van der Waals surface area contributed by atoms with Crippen molar-refractivity contribution in [3.63, 3.8) is 0 Å². The minimum Gasteiger partial charge on any atom is -0.507 e. The molecular formula is C32H23N2O2Pt-. The van der Waals surface area contributed by atoms with E-state index < -0.39 is 0 Å². The summed E-state index contributed by atoms with van der Waals surface area (Å²) in [7, 11) is 0. The average Bonchev–Trinajstić information content (AvgIpc) is 3.38. The number of hydrogen-bond acceptors (Lipinski definition) is 4. The van der Waals surface area contributed by atoms with E-state index in [2.05, 4.69) is 54.4 Å². The summed E-state index contributed by atoms with van der Waals surface area (Å²) in [5.74, 6) is 0.688. The van der Waals surface area contributed by atoms with Crippen LogP contribution in [0.15, 0.2) is 114 Å². The second kappa shape index (κ2) is 10.5. The Morgan fingerprint density at radius 1 is 0.784 bits per heavy atom. The fraction of sp³-hybridized carbons (Fsp3) is 0.0625. The number of phenolic OH excluding ortho intramolecular Hbond substituents is 1. The van der Waals surface area contributed by atoms with Crippen LogP contribution in [0.4, 0.5) is 0 Å². The minimum absolute atomic E-state index is 0. The van der Waals surface area contributed by atoms with Crippen LogP contribution in [0.5, 0.6) is 5.75 Å². The first-order valence-corrected chi connectivity index (χ1v) is 11.9. The summed E-state index contributed by atoms with van der Waals surface area (Å²) in [5, 5.41) is 10.3. The summed E-state index contributed by atoms with van der Waals surface area (Å²) in [4.78, 5) is 9.41.